The van der Waals surface area contributed by atoms with Gasteiger partial charge in [0.25, 0.3) is 5.91 Å². The Labute approximate surface area is 171 Å². The van der Waals surface area contributed by atoms with Crippen LogP contribution in [-0.4, -0.2) is 54.3 Å². The van der Waals surface area contributed by atoms with Crippen molar-refractivity contribution >= 4 is 34.9 Å². The lowest BCUT2D eigenvalue weighted by Crippen LogP contribution is -2.46. The van der Waals surface area contributed by atoms with E-state index in [2.05, 4.69) is 10.3 Å². The molecule has 9 heteroatoms. The molecule has 3 heterocycles. The van der Waals surface area contributed by atoms with Gasteiger partial charge in [-0.1, -0.05) is 6.07 Å². The highest BCUT2D eigenvalue weighted by molar-refractivity contribution is 7.99. The van der Waals surface area contributed by atoms with Gasteiger partial charge in [-0.3, -0.25) is 9.59 Å². The van der Waals surface area contributed by atoms with Crippen LogP contribution in [0.1, 0.15) is 32.0 Å². The third kappa shape index (κ3) is 3.12. The van der Waals surface area contributed by atoms with Crippen molar-refractivity contribution in [2.75, 3.05) is 26.5 Å². The van der Waals surface area contributed by atoms with E-state index >= 15 is 0 Å². The number of thiazole rings is 1. The molecule has 1 aromatic heterocycles. The minimum absolute atomic E-state index is 0.129. The first-order valence-corrected chi connectivity index (χ1v) is 10.9. The van der Waals surface area contributed by atoms with Gasteiger partial charge in [-0.05, 0) is 13.0 Å². The second-order valence-electron chi connectivity index (χ2n) is 6.60. The van der Waals surface area contributed by atoms with Crippen LogP contribution in [-0.2, 0) is 11.2 Å². The van der Waals surface area contributed by atoms with E-state index in [0.717, 1.165) is 16.3 Å². The van der Waals surface area contributed by atoms with Crippen molar-refractivity contribution in [2.24, 2.45) is 0 Å². The number of nitrogens with one attached hydrogen (secondary N) is 1. The van der Waals surface area contributed by atoms with Crippen molar-refractivity contribution in [3.05, 3.63) is 39.3 Å². The van der Waals surface area contributed by atoms with E-state index in [1.54, 1.807) is 41.2 Å². The minimum Gasteiger partial charge on any atom is -0.493 e. The minimum atomic E-state index is -0.497. The molecule has 0 saturated carbocycles. The number of thioether (sulfide) groups is 1. The lowest BCUT2D eigenvalue weighted by molar-refractivity contribution is -0.124. The van der Waals surface area contributed by atoms with Crippen molar-refractivity contribution in [3.63, 3.8) is 0 Å². The summed E-state index contributed by atoms with van der Waals surface area (Å²) in [6.07, 6.45) is 0.687. The number of carbonyl (C=O) groups is 2. The molecule has 28 heavy (non-hydrogen) atoms. The average Bonchev–Trinajstić information content (AvgIpc) is 3.38. The number of methoxy groups -OCH3 is 2. The summed E-state index contributed by atoms with van der Waals surface area (Å²) in [7, 11) is 3.06. The lowest BCUT2D eigenvalue weighted by Gasteiger charge is -2.22. The summed E-state index contributed by atoms with van der Waals surface area (Å²) >= 11 is 3.19. The average molecular weight is 420 g/mol. The molecule has 2 aliphatic rings. The highest BCUT2D eigenvalue weighted by Gasteiger charge is 2.50. The number of carbonyl (C=O) groups excluding carboxylic acids is 2. The zero-order valence-electron chi connectivity index (χ0n) is 15.9. The second kappa shape index (κ2) is 7.63. The lowest BCUT2D eigenvalue weighted by atomic mass is 10.1. The molecular weight excluding hydrogens is 398 g/mol. The van der Waals surface area contributed by atoms with E-state index in [4.69, 9.17) is 9.47 Å². The molecule has 1 fully saturated rings. The third-order valence-electron chi connectivity index (χ3n) is 4.90. The summed E-state index contributed by atoms with van der Waals surface area (Å²) in [5.41, 5.74) is 2.36. The van der Waals surface area contributed by atoms with Crippen LogP contribution in [0.3, 0.4) is 0 Å². The first kappa shape index (κ1) is 19.1. The van der Waals surface area contributed by atoms with Gasteiger partial charge in [-0.25, -0.2) is 4.98 Å². The van der Waals surface area contributed by atoms with E-state index in [1.165, 1.54) is 7.11 Å². The van der Waals surface area contributed by atoms with E-state index in [9.17, 15) is 9.59 Å². The van der Waals surface area contributed by atoms with Crippen LogP contribution >= 0.6 is 23.1 Å². The van der Waals surface area contributed by atoms with Crippen molar-refractivity contribution in [2.45, 2.75) is 24.8 Å². The van der Waals surface area contributed by atoms with Gasteiger partial charge in [-0.2, -0.15) is 0 Å². The summed E-state index contributed by atoms with van der Waals surface area (Å²) in [4.78, 5) is 32.0. The molecule has 1 aromatic carbocycles. The monoisotopic (exact) mass is 419 g/mol. The molecule has 0 aliphatic carbocycles. The number of ether oxygens (including phenoxy) is 2. The van der Waals surface area contributed by atoms with Crippen LogP contribution in [0.15, 0.2) is 17.5 Å². The van der Waals surface area contributed by atoms with Gasteiger partial charge in [0.2, 0.25) is 5.91 Å². The maximum atomic E-state index is 13.1. The van der Waals surface area contributed by atoms with Gasteiger partial charge in [0.05, 0.1) is 24.8 Å². The summed E-state index contributed by atoms with van der Waals surface area (Å²) < 4.78 is 10.8. The summed E-state index contributed by atoms with van der Waals surface area (Å²) in [6.45, 7) is 2.46. The predicted molar refractivity (Wildman–Crippen MR) is 108 cm³/mol. The Bertz CT molecular complexity index is 930. The highest BCUT2D eigenvalue weighted by atomic mass is 32.2. The van der Waals surface area contributed by atoms with Gasteiger partial charge >= 0.3 is 0 Å². The molecule has 1 saturated heterocycles. The Morgan fingerprint density at radius 3 is 2.86 bits per heavy atom. The van der Waals surface area contributed by atoms with Gasteiger partial charge in [-0.15, -0.1) is 23.1 Å². The van der Waals surface area contributed by atoms with Crippen LogP contribution in [0.5, 0.6) is 11.5 Å². The normalized spacial score (nSPS) is 20.1. The first-order chi connectivity index (χ1) is 13.5. The zero-order chi connectivity index (χ0) is 19.8. The Morgan fingerprint density at radius 2 is 2.18 bits per heavy atom. The standard InChI is InChI=1S/C19H21N3O4S2/c1-10-8-27-14(21-10)6-7-20-17(23)12-9-28-19-11-4-5-13(25-2)16(26-3)15(11)18(24)22(12)19/h4-5,8,12,19H,6-7,9H2,1-3H3,(H,20,23)/t12-,19+/m1/s1. The van der Waals surface area contributed by atoms with Gasteiger partial charge in [0.1, 0.15) is 11.4 Å². The smallest absolute Gasteiger partial charge is 0.260 e. The van der Waals surface area contributed by atoms with E-state index in [1.807, 2.05) is 18.4 Å². The van der Waals surface area contributed by atoms with Crippen LogP contribution in [0.4, 0.5) is 0 Å². The van der Waals surface area contributed by atoms with Crippen molar-refractivity contribution < 1.29 is 19.1 Å². The Morgan fingerprint density at radius 1 is 1.36 bits per heavy atom. The van der Waals surface area contributed by atoms with Crippen molar-refractivity contribution in [1.29, 1.82) is 0 Å². The maximum Gasteiger partial charge on any atom is 0.260 e. The summed E-state index contributed by atoms with van der Waals surface area (Å²) in [5.74, 6) is 1.21. The van der Waals surface area contributed by atoms with E-state index in [0.29, 0.717) is 35.8 Å². The molecule has 0 spiro atoms. The first-order valence-electron chi connectivity index (χ1n) is 8.93. The van der Waals surface area contributed by atoms with E-state index in [-0.39, 0.29) is 17.2 Å². The molecule has 4 rings (SSSR count). The Kier molecular flexibility index (Phi) is 5.20. The summed E-state index contributed by atoms with van der Waals surface area (Å²) in [6, 6.07) is 3.19. The molecule has 7 nitrogen and oxygen atoms in total. The molecule has 2 amide bonds. The van der Waals surface area contributed by atoms with Crippen LogP contribution in [0, 0.1) is 6.92 Å². The van der Waals surface area contributed by atoms with Gasteiger partial charge in [0, 0.05) is 35.4 Å². The third-order valence-corrected chi connectivity index (χ3v) is 7.23. The van der Waals surface area contributed by atoms with Crippen molar-refractivity contribution in [3.8, 4) is 11.5 Å². The van der Waals surface area contributed by atoms with Crippen molar-refractivity contribution in [1.82, 2.24) is 15.2 Å². The fourth-order valence-corrected chi connectivity index (χ4v) is 5.85. The summed E-state index contributed by atoms with van der Waals surface area (Å²) in [5, 5.41) is 5.79. The number of aromatic nitrogens is 1. The van der Waals surface area contributed by atoms with Crippen LogP contribution in [0.2, 0.25) is 0 Å². The molecule has 0 bridgehead atoms. The Hall–Kier alpha value is -2.26. The zero-order valence-corrected chi connectivity index (χ0v) is 17.5. The van der Waals surface area contributed by atoms with E-state index < -0.39 is 6.04 Å². The number of hydrogen-bond acceptors (Lipinski definition) is 7. The Balaban J connectivity index is 1.48. The quantitative estimate of drug-likeness (QED) is 0.774. The second-order valence-corrected chi connectivity index (χ2v) is 8.66. The number of rotatable bonds is 6. The number of hydrogen-bond donors (Lipinski definition) is 1. The van der Waals surface area contributed by atoms with Gasteiger partial charge < -0.3 is 19.7 Å². The molecule has 148 valence electrons. The molecule has 2 aliphatic heterocycles. The molecular formula is C19H21N3O4S2. The number of benzene rings is 1. The number of nitrogens with zero attached hydrogens (tertiary/aromatic N) is 2. The topological polar surface area (TPSA) is 80.8 Å². The molecule has 0 unspecified atom stereocenters. The SMILES string of the molecule is COc1ccc2c(c1OC)C(=O)N1[C@@H](C(=O)NCCc3nc(C)cs3)CS[C@@H]21. The molecule has 2 aromatic rings. The fourth-order valence-electron chi connectivity index (χ4n) is 3.62. The van der Waals surface area contributed by atoms with Gasteiger partial charge in [0.15, 0.2) is 11.5 Å². The predicted octanol–water partition coefficient (Wildman–Crippen LogP) is 2.40. The molecule has 1 N–H and O–H groups in total. The largest absolute Gasteiger partial charge is 0.493 e. The van der Waals surface area contributed by atoms with Crippen LogP contribution < -0.4 is 14.8 Å². The van der Waals surface area contributed by atoms with Crippen LogP contribution in [0.25, 0.3) is 0 Å². The highest BCUT2D eigenvalue weighted by Crippen LogP contribution is 2.52. The molecule has 2 atom stereocenters. The number of fused-ring (bicyclic) bond motifs is 3. The maximum absolute atomic E-state index is 13.1. The number of amides is 2. The molecule has 0 radical (unpaired) electrons. The fraction of sp³-hybridized carbons (Fsp3) is 0.421. The number of aryl methyl sites for hydroxylation is 1.